The number of carbonyl (C=O) groups is 1. The van der Waals surface area contributed by atoms with Gasteiger partial charge in [0.1, 0.15) is 12.4 Å². The molecule has 0 radical (unpaired) electrons. The predicted octanol–water partition coefficient (Wildman–Crippen LogP) is 3.68. The van der Waals surface area contributed by atoms with E-state index >= 15 is 0 Å². The van der Waals surface area contributed by atoms with Gasteiger partial charge in [-0.15, -0.1) is 0 Å². The highest BCUT2D eigenvalue weighted by molar-refractivity contribution is 6.14. The Kier molecular flexibility index (Phi) is 5.28. The van der Waals surface area contributed by atoms with Gasteiger partial charge in [-0.25, -0.2) is 0 Å². The van der Waals surface area contributed by atoms with Gasteiger partial charge in [0.15, 0.2) is 0 Å². The van der Waals surface area contributed by atoms with Gasteiger partial charge in [-0.2, -0.15) is 0 Å². The smallest absolute Gasteiger partial charge is 0.258 e. The van der Waals surface area contributed by atoms with Crippen molar-refractivity contribution < 1.29 is 9.53 Å². The first-order chi connectivity index (χ1) is 12.5. The number of aryl methyl sites for hydroxylation is 1. The fourth-order valence-electron chi connectivity index (χ4n) is 3.01. The molecule has 3 aromatic rings. The molecule has 1 amide bonds. The maximum atomic E-state index is 12.9. The van der Waals surface area contributed by atoms with Crippen molar-refractivity contribution in [2.24, 2.45) is 7.05 Å². The summed E-state index contributed by atoms with van der Waals surface area (Å²) < 4.78 is 7.79. The zero-order valence-corrected chi connectivity index (χ0v) is 15.7. The van der Waals surface area contributed by atoms with Crippen LogP contribution in [0.1, 0.15) is 16.1 Å². The van der Waals surface area contributed by atoms with E-state index in [0.29, 0.717) is 12.2 Å². The monoisotopic (exact) mass is 351 g/mol. The van der Waals surface area contributed by atoms with Gasteiger partial charge in [0, 0.05) is 41.9 Å². The van der Waals surface area contributed by atoms with E-state index in [2.05, 4.69) is 10.2 Å². The maximum absolute atomic E-state index is 12.9. The highest BCUT2D eigenvalue weighted by Gasteiger charge is 2.18. The summed E-state index contributed by atoms with van der Waals surface area (Å²) in [5.74, 6) is 0.643. The first-order valence-corrected chi connectivity index (χ1v) is 8.70. The molecule has 0 saturated carbocycles. The molecule has 1 heterocycles. The number of rotatable bonds is 6. The minimum absolute atomic E-state index is 0.107. The summed E-state index contributed by atoms with van der Waals surface area (Å²) in [6.07, 6.45) is 0. The van der Waals surface area contributed by atoms with Crippen molar-refractivity contribution in [2.75, 3.05) is 32.6 Å². The number of hydrogen-bond donors (Lipinski definition) is 1. The van der Waals surface area contributed by atoms with Gasteiger partial charge < -0.3 is 19.5 Å². The van der Waals surface area contributed by atoms with E-state index in [-0.39, 0.29) is 5.91 Å². The molecule has 1 aromatic heterocycles. The molecule has 2 aromatic carbocycles. The van der Waals surface area contributed by atoms with Gasteiger partial charge in [0.05, 0.1) is 5.56 Å². The van der Waals surface area contributed by atoms with E-state index in [0.717, 1.165) is 34.6 Å². The summed E-state index contributed by atoms with van der Waals surface area (Å²) in [6.45, 7) is 3.41. The summed E-state index contributed by atoms with van der Waals surface area (Å²) in [4.78, 5) is 15.0. The highest BCUT2D eigenvalue weighted by atomic mass is 16.5. The molecule has 0 fully saturated rings. The van der Waals surface area contributed by atoms with Crippen molar-refractivity contribution in [3.63, 3.8) is 0 Å². The topological polar surface area (TPSA) is 46.5 Å². The number of para-hydroxylation sites is 1. The van der Waals surface area contributed by atoms with Crippen LogP contribution < -0.4 is 10.1 Å². The molecule has 3 rings (SSSR count). The van der Waals surface area contributed by atoms with Crippen LogP contribution in [-0.4, -0.2) is 42.6 Å². The van der Waals surface area contributed by atoms with E-state index in [9.17, 15) is 4.79 Å². The van der Waals surface area contributed by atoms with Gasteiger partial charge in [-0.05, 0) is 39.2 Å². The molecule has 5 heteroatoms. The molecule has 0 saturated heterocycles. The van der Waals surface area contributed by atoms with Gasteiger partial charge in [-0.3, -0.25) is 4.79 Å². The highest BCUT2D eigenvalue weighted by Crippen LogP contribution is 2.26. The van der Waals surface area contributed by atoms with E-state index in [4.69, 9.17) is 4.74 Å². The van der Waals surface area contributed by atoms with E-state index in [1.165, 1.54) is 0 Å². The van der Waals surface area contributed by atoms with Crippen molar-refractivity contribution in [3.8, 4) is 5.75 Å². The molecular formula is C21H25N3O2. The van der Waals surface area contributed by atoms with Gasteiger partial charge in [0.25, 0.3) is 5.91 Å². The number of likely N-dealkylation sites (N-methyl/N-ethyl adjacent to an activating group) is 1. The van der Waals surface area contributed by atoms with Crippen molar-refractivity contribution in [1.82, 2.24) is 9.47 Å². The van der Waals surface area contributed by atoms with Crippen molar-refractivity contribution in [1.29, 1.82) is 0 Å². The number of anilines is 1. The van der Waals surface area contributed by atoms with Crippen LogP contribution >= 0.6 is 0 Å². The van der Waals surface area contributed by atoms with Crippen LogP contribution in [0.2, 0.25) is 0 Å². The first-order valence-electron chi connectivity index (χ1n) is 8.70. The standard InChI is InChI=1S/C21H25N3O2/c1-15-20(18-10-5-6-11-19(18)24(15)4)21(25)22-16-8-7-9-17(14-16)26-13-12-23(2)3/h5-11,14H,12-13H2,1-4H3,(H,22,25). The summed E-state index contributed by atoms with van der Waals surface area (Å²) in [5.41, 5.74) is 3.43. The fraction of sp³-hybridized carbons (Fsp3) is 0.286. The first kappa shape index (κ1) is 18.0. The normalized spacial score (nSPS) is 11.1. The number of ether oxygens (including phenoxy) is 1. The minimum Gasteiger partial charge on any atom is -0.492 e. The molecule has 0 aliphatic rings. The quantitative estimate of drug-likeness (QED) is 0.737. The molecule has 0 aliphatic heterocycles. The lowest BCUT2D eigenvalue weighted by Gasteiger charge is -2.12. The second-order valence-corrected chi connectivity index (χ2v) is 6.67. The molecule has 0 unspecified atom stereocenters. The number of amides is 1. The lowest BCUT2D eigenvalue weighted by Crippen LogP contribution is -2.19. The summed E-state index contributed by atoms with van der Waals surface area (Å²) in [6, 6.07) is 15.5. The van der Waals surface area contributed by atoms with Gasteiger partial charge >= 0.3 is 0 Å². The van der Waals surface area contributed by atoms with E-state index in [1.807, 2.05) is 81.2 Å². The van der Waals surface area contributed by atoms with Crippen LogP contribution in [0.5, 0.6) is 5.75 Å². The van der Waals surface area contributed by atoms with Crippen molar-refractivity contribution in [3.05, 3.63) is 59.8 Å². The van der Waals surface area contributed by atoms with E-state index in [1.54, 1.807) is 0 Å². The second-order valence-electron chi connectivity index (χ2n) is 6.67. The zero-order valence-electron chi connectivity index (χ0n) is 15.7. The Bertz CT molecular complexity index is 928. The van der Waals surface area contributed by atoms with Crippen LogP contribution in [0.15, 0.2) is 48.5 Å². The second kappa shape index (κ2) is 7.62. The number of carbonyl (C=O) groups excluding carboxylic acids is 1. The summed E-state index contributed by atoms with van der Waals surface area (Å²) in [7, 11) is 5.99. The number of hydrogen-bond acceptors (Lipinski definition) is 3. The molecule has 0 atom stereocenters. The lowest BCUT2D eigenvalue weighted by molar-refractivity contribution is 0.102. The average Bonchev–Trinajstić information content (AvgIpc) is 2.86. The van der Waals surface area contributed by atoms with E-state index < -0.39 is 0 Å². The fourth-order valence-corrected chi connectivity index (χ4v) is 3.01. The Balaban J connectivity index is 1.80. The summed E-state index contributed by atoms with van der Waals surface area (Å²) >= 11 is 0. The molecule has 0 spiro atoms. The summed E-state index contributed by atoms with van der Waals surface area (Å²) in [5, 5.41) is 3.96. The largest absolute Gasteiger partial charge is 0.492 e. The van der Waals surface area contributed by atoms with Crippen LogP contribution in [-0.2, 0) is 7.05 Å². The van der Waals surface area contributed by atoms with Crippen LogP contribution in [0.4, 0.5) is 5.69 Å². The third-order valence-electron chi connectivity index (χ3n) is 4.53. The van der Waals surface area contributed by atoms with Crippen LogP contribution in [0, 0.1) is 6.92 Å². The van der Waals surface area contributed by atoms with Gasteiger partial charge in [0.2, 0.25) is 0 Å². The number of aromatic nitrogens is 1. The molecule has 5 nitrogen and oxygen atoms in total. The Hall–Kier alpha value is -2.79. The third kappa shape index (κ3) is 3.73. The Morgan fingerprint density at radius 1 is 1.15 bits per heavy atom. The Labute approximate surface area is 154 Å². The molecule has 26 heavy (non-hydrogen) atoms. The molecule has 0 bridgehead atoms. The van der Waals surface area contributed by atoms with Crippen LogP contribution in [0.25, 0.3) is 10.9 Å². The van der Waals surface area contributed by atoms with Crippen LogP contribution in [0.3, 0.4) is 0 Å². The predicted molar refractivity (Wildman–Crippen MR) is 106 cm³/mol. The minimum atomic E-state index is -0.107. The van der Waals surface area contributed by atoms with Crippen molar-refractivity contribution in [2.45, 2.75) is 6.92 Å². The van der Waals surface area contributed by atoms with Gasteiger partial charge in [-0.1, -0.05) is 24.3 Å². The Morgan fingerprint density at radius 3 is 2.69 bits per heavy atom. The molecule has 1 N–H and O–H groups in total. The number of benzene rings is 2. The maximum Gasteiger partial charge on any atom is 0.258 e. The molecule has 0 aliphatic carbocycles. The zero-order chi connectivity index (χ0) is 18.7. The number of nitrogens with one attached hydrogen (secondary N) is 1. The number of nitrogens with zero attached hydrogens (tertiary/aromatic N) is 2. The number of fused-ring (bicyclic) bond motifs is 1. The SMILES string of the molecule is Cc1c(C(=O)Nc2cccc(OCCN(C)C)c2)c2ccccc2n1C. The average molecular weight is 351 g/mol. The lowest BCUT2D eigenvalue weighted by atomic mass is 10.1. The molecular weight excluding hydrogens is 326 g/mol. The van der Waals surface area contributed by atoms with Crippen molar-refractivity contribution >= 4 is 22.5 Å². The third-order valence-corrected chi connectivity index (χ3v) is 4.53. The molecule has 136 valence electrons. The Morgan fingerprint density at radius 2 is 1.92 bits per heavy atom.